The van der Waals surface area contributed by atoms with Gasteiger partial charge in [-0.05, 0) is 61.6 Å². The summed E-state index contributed by atoms with van der Waals surface area (Å²) in [4.78, 5) is 17.0. The van der Waals surface area contributed by atoms with Crippen LogP contribution >= 0.6 is 11.8 Å². The van der Waals surface area contributed by atoms with Crippen LogP contribution in [0.15, 0.2) is 35.4 Å². The number of hydrogen-bond donors (Lipinski definition) is 1. The molecule has 0 atom stereocenters. The second-order valence-corrected chi connectivity index (χ2v) is 7.50. The molecule has 27 heavy (non-hydrogen) atoms. The molecule has 1 amide bonds. The summed E-state index contributed by atoms with van der Waals surface area (Å²) in [5.74, 6) is 0.834. The standard InChI is InChI=1S/C21H23N3O2S/c1-26-18-10-8-17(9-11-18)23-20(25)14-27-21-16(13-22)12-15-6-4-2-3-5-7-19(15)24-21/h8-12H,2-7,14H2,1H3,(H,23,25). The fourth-order valence-corrected chi connectivity index (χ4v) is 3.94. The van der Waals surface area contributed by atoms with Crippen LogP contribution in [-0.2, 0) is 17.6 Å². The van der Waals surface area contributed by atoms with E-state index in [0.29, 0.717) is 16.3 Å². The fourth-order valence-electron chi connectivity index (χ4n) is 3.16. The molecule has 0 radical (unpaired) electrons. The number of aromatic nitrogens is 1. The van der Waals surface area contributed by atoms with Crippen molar-refractivity contribution in [3.05, 3.63) is 47.2 Å². The Morgan fingerprint density at radius 3 is 2.67 bits per heavy atom. The molecule has 1 heterocycles. The van der Waals surface area contributed by atoms with Crippen LogP contribution in [0.5, 0.6) is 5.75 Å². The molecule has 5 nitrogen and oxygen atoms in total. The average molecular weight is 382 g/mol. The molecule has 0 spiro atoms. The van der Waals surface area contributed by atoms with Gasteiger partial charge in [0.1, 0.15) is 16.8 Å². The lowest BCUT2D eigenvalue weighted by atomic mass is 9.96. The number of benzene rings is 1. The van der Waals surface area contributed by atoms with E-state index in [2.05, 4.69) is 11.4 Å². The van der Waals surface area contributed by atoms with Crippen LogP contribution in [0.2, 0.25) is 0 Å². The molecule has 1 aromatic heterocycles. The summed E-state index contributed by atoms with van der Waals surface area (Å²) in [7, 11) is 1.60. The SMILES string of the molecule is COc1ccc(NC(=O)CSc2nc3c(cc2C#N)CCCCCC3)cc1. The first-order valence-corrected chi connectivity index (χ1v) is 10.2. The van der Waals surface area contributed by atoms with Gasteiger partial charge in [-0.25, -0.2) is 4.98 Å². The van der Waals surface area contributed by atoms with Crippen molar-refractivity contribution in [2.24, 2.45) is 0 Å². The van der Waals surface area contributed by atoms with Crippen molar-refractivity contribution in [1.82, 2.24) is 4.98 Å². The average Bonchev–Trinajstić information content (AvgIpc) is 2.67. The van der Waals surface area contributed by atoms with Gasteiger partial charge in [-0.15, -0.1) is 0 Å². The van der Waals surface area contributed by atoms with Gasteiger partial charge in [0.05, 0.1) is 18.4 Å². The first kappa shape index (κ1) is 19.2. The summed E-state index contributed by atoms with van der Waals surface area (Å²) in [6.45, 7) is 0. The van der Waals surface area contributed by atoms with Gasteiger partial charge in [-0.3, -0.25) is 4.79 Å². The Balaban J connectivity index is 1.66. The molecular formula is C21H23N3O2S. The highest BCUT2D eigenvalue weighted by Gasteiger charge is 2.15. The highest BCUT2D eigenvalue weighted by atomic mass is 32.2. The number of nitriles is 1. The number of amides is 1. The number of anilines is 1. The van der Waals surface area contributed by atoms with Gasteiger partial charge in [0.25, 0.3) is 0 Å². The second-order valence-electron chi connectivity index (χ2n) is 6.54. The Kier molecular flexibility index (Phi) is 6.72. The first-order valence-electron chi connectivity index (χ1n) is 9.19. The van der Waals surface area contributed by atoms with Crippen molar-refractivity contribution in [3.8, 4) is 11.8 Å². The first-order chi connectivity index (χ1) is 13.2. The van der Waals surface area contributed by atoms with Gasteiger partial charge in [0, 0.05) is 11.4 Å². The lowest BCUT2D eigenvalue weighted by Gasteiger charge is -2.15. The Labute approximate surface area is 164 Å². The number of methoxy groups -OCH3 is 1. The molecule has 0 saturated carbocycles. The zero-order valence-corrected chi connectivity index (χ0v) is 16.3. The highest BCUT2D eigenvalue weighted by molar-refractivity contribution is 8.00. The molecule has 1 aromatic carbocycles. The Morgan fingerprint density at radius 1 is 1.22 bits per heavy atom. The number of aryl methyl sites for hydroxylation is 2. The van der Waals surface area contributed by atoms with E-state index in [4.69, 9.17) is 9.72 Å². The largest absolute Gasteiger partial charge is 0.497 e. The molecular weight excluding hydrogens is 358 g/mol. The number of ether oxygens (including phenoxy) is 1. The van der Waals surface area contributed by atoms with E-state index in [0.717, 1.165) is 37.1 Å². The van der Waals surface area contributed by atoms with Gasteiger partial charge in [0.15, 0.2) is 0 Å². The second kappa shape index (κ2) is 9.43. The van der Waals surface area contributed by atoms with Crippen molar-refractivity contribution < 1.29 is 9.53 Å². The predicted octanol–water partition coefficient (Wildman–Crippen LogP) is 4.35. The Hall–Kier alpha value is -2.52. The molecule has 1 N–H and O–H groups in total. The maximum atomic E-state index is 12.3. The highest BCUT2D eigenvalue weighted by Crippen LogP contribution is 2.27. The molecule has 6 heteroatoms. The minimum atomic E-state index is -0.123. The molecule has 3 rings (SSSR count). The smallest absolute Gasteiger partial charge is 0.234 e. The van der Waals surface area contributed by atoms with E-state index in [9.17, 15) is 10.1 Å². The summed E-state index contributed by atoms with van der Waals surface area (Å²) in [6, 6.07) is 11.4. The maximum Gasteiger partial charge on any atom is 0.234 e. The Bertz CT molecular complexity index is 844. The quantitative estimate of drug-likeness (QED) is 0.779. The van der Waals surface area contributed by atoms with Crippen molar-refractivity contribution in [2.75, 3.05) is 18.2 Å². The summed E-state index contributed by atoms with van der Waals surface area (Å²) < 4.78 is 5.11. The third kappa shape index (κ3) is 5.24. The van der Waals surface area contributed by atoms with Gasteiger partial charge >= 0.3 is 0 Å². The maximum absolute atomic E-state index is 12.3. The van der Waals surface area contributed by atoms with Gasteiger partial charge in [0.2, 0.25) is 5.91 Å². The number of rotatable bonds is 5. The minimum Gasteiger partial charge on any atom is -0.497 e. The topological polar surface area (TPSA) is 75.0 Å². The third-order valence-electron chi connectivity index (χ3n) is 4.60. The van der Waals surface area contributed by atoms with E-state index < -0.39 is 0 Å². The van der Waals surface area contributed by atoms with Crippen LogP contribution in [0.1, 0.15) is 42.5 Å². The van der Waals surface area contributed by atoms with Crippen LogP contribution in [0.4, 0.5) is 5.69 Å². The van der Waals surface area contributed by atoms with E-state index in [-0.39, 0.29) is 11.7 Å². The zero-order valence-electron chi connectivity index (χ0n) is 15.5. The van der Waals surface area contributed by atoms with Crippen LogP contribution < -0.4 is 10.1 Å². The Morgan fingerprint density at radius 2 is 1.96 bits per heavy atom. The lowest BCUT2D eigenvalue weighted by molar-refractivity contribution is -0.113. The van der Waals surface area contributed by atoms with Crippen molar-refractivity contribution in [3.63, 3.8) is 0 Å². The van der Waals surface area contributed by atoms with Crippen molar-refractivity contribution >= 4 is 23.4 Å². The zero-order chi connectivity index (χ0) is 19.1. The number of hydrogen-bond acceptors (Lipinski definition) is 5. The monoisotopic (exact) mass is 381 g/mol. The molecule has 0 unspecified atom stereocenters. The minimum absolute atomic E-state index is 0.123. The van der Waals surface area contributed by atoms with E-state index >= 15 is 0 Å². The summed E-state index contributed by atoms with van der Waals surface area (Å²) in [6.07, 6.45) is 6.69. The molecule has 0 bridgehead atoms. The summed E-state index contributed by atoms with van der Waals surface area (Å²) in [5.41, 5.74) is 3.56. The number of carbonyl (C=O) groups is 1. The molecule has 1 aliphatic carbocycles. The molecule has 2 aromatic rings. The number of nitrogens with zero attached hydrogens (tertiary/aromatic N) is 2. The van der Waals surface area contributed by atoms with E-state index in [1.807, 2.05) is 6.07 Å². The van der Waals surface area contributed by atoms with E-state index in [1.54, 1.807) is 31.4 Å². The number of pyridine rings is 1. The number of carbonyl (C=O) groups excluding carboxylic acids is 1. The lowest BCUT2D eigenvalue weighted by Crippen LogP contribution is -2.14. The molecule has 1 aliphatic rings. The number of nitrogens with one attached hydrogen (secondary N) is 1. The van der Waals surface area contributed by atoms with Crippen LogP contribution in [0.25, 0.3) is 0 Å². The van der Waals surface area contributed by atoms with Gasteiger partial charge in [-0.2, -0.15) is 5.26 Å². The molecule has 0 aliphatic heterocycles. The number of thioether (sulfide) groups is 1. The van der Waals surface area contributed by atoms with Crippen LogP contribution in [0, 0.1) is 11.3 Å². The summed E-state index contributed by atoms with van der Waals surface area (Å²) in [5, 5.41) is 13.0. The van der Waals surface area contributed by atoms with Crippen LogP contribution in [-0.4, -0.2) is 23.8 Å². The number of fused-ring (bicyclic) bond motifs is 1. The molecule has 0 fully saturated rings. The van der Waals surface area contributed by atoms with Gasteiger partial charge < -0.3 is 10.1 Å². The van der Waals surface area contributed by atoms with Crippen molar-refractivity contribution in [1.29, 1.82) is 5.26 Å². The van der Waals surface area contributed by atoms with E-state index in [1.165, 1.54) is 30.2 Å². The fraction of sp³-hybridized carbons (Fsp3) is 0.381. The van der Waals surface area contributed by atoms with Gasteiger partial charge in [-0.1, -0.05) is 24.6 Å². The van der Waals surface area contributed by atoms with Crippen molar-refractivity contribution in [2.45, 2.75) is 43.6 Å². The predicted molar refractivity (Wildman–Crippen MR) is 107 cm³/mol. The molecule has 0 saturated heterocycles. The molecule has 140 valence electrons. The normalized spacial score (nSPS) is 13.6. The summed E-state index contributed by atoms with van der Waals surface area (Å²) >= 11 is 1.32. The van der Waals surface area contributed by atoms with Crippen LogP contribution in [0.3, 0.4) is 0 Å². The third-order valence-corrected chi connectivity index (χ3v) is 5.59.